The maximum absolute atomic E-state index is 13.8. The quantitative estimate of drug-likeness (QED) is 0.913. The van der Waals surface area contributed by atoms with Gasteiger partial charge in [-0.3, -0.25) is 9.48 Å². The molecule has 24 heavy (non-hydrogen) atoms. The molecule has 128 valence electrons. The van der Waals surface area contributed by atoms with Gasteiger partial charge < -0.3 is 10.2 Å². The van der Waals surface area contributed by atoms with Gasteiger partial charge >= 0.3 is 0 Å². The second-order valence-corrected chi connectivity index (χ2v) is 6.50. The molecule has 1 N–H and O–H groups in total. The van der Waals surface area contributed by atoms with Crippen LogP contribution in [0.15, 0.2) is 36.5 Å². The molecule has 0 radical (unpaired) electrons. The average Bonchev–Trinajstić information content (AvgIpc) is 3.06. The summed E-state index contributed by atoms with van der Waals surface area (Å²) in [6, 6.07) is 8.74. The topological polar surface area (TPSA) is 50.2 Å². The van der Waals surface area contributed by atoms with Crippen molar-refractivity contribution in [3.8, 4) is 0 Å². The number of nitrogens with zero attached hydrogens (tertiary/aromatic N) is 3. The summed E-state index contributed by atoms with van der Waals surface area (Å²) < 4.78 is 15.6. The Morgan fingerprint density at radius 2 is 2.08 bits per heavy atom. The van der Waals surface area contributed by atoms with E-state index in [9.17, 15) is 9.18 Å². The molecule has 0 spiro atoms. The molecule has 1 amide bonds. The highest BCUT2D eigenvalue weighted by molar-refractivity contribution is 5.80. The largest absolute Gasteiger partial charge is 0.336 e. The van der Waals surface area contributed by atoms with Crippen molar-refractivity contribution in [3.63, 3.8) is 0 Å². The Labute approximate surface area is 141 Å². The van der Waals surface area contributed by atoms with Crippen molar-refractivity contribution < 1.29 is 9.18 Å². The number of hydrogen-bond acceptors (Lipinski definition) is 3. The van der Waals surface area contributed by atoms with E-state index in [1.165, 1.54) is 6.07 Å². The standard InChI is InChI=1S/C18H23FN4O/c1-12(10-13-6-4-5-7-14(13)19)21-15-11-17(24)22(2)18(15)16-8-9-20-23(16)3/h4-9,12,15,18,21H,10-11H2,1-3H3/t12-,15+,18+/m0/s1. The van der Waals surface area contributed by atoms with Crippen LogP contribution in [0.2, 0.25) is 0 Å². The highest BCUT2D eigenvalue weighted by Gasteiger charge is 2.40. The van der Waals surface area contributed by atoms with Crippen molar-refractivity contribution in [3.05, 3.63) is 53.6 Å². The van der Waals surface area contributed by atoms with E-state index < -0.39 is 0 Å². The molecule has 1 fully saturated rings. The van der Waals surface area contributed by atoms with E-state index in [0.717, 1.165) is 5.69 Å². The van der Waals surface area contributed by atoms with Crippen LogP contribution in [0.25, 0.3) is 0 Å². The maximum atomic E-state index is 13.8. The second-order valence-electron chi connectivity index (χ2n) is 6.50. The number of amides is 1. The predicted molar refractivity (Wildman–Crippen MR) is 89.8 cm³/mol. The smallest absolute Gasteiger partial charge is 0.224 e. The normalized spacial score (nSPS) is 22.2. The fourth-order valence-corrected chi connectivity index (χ4v) is 3.52. The highest BCUT2D eigenvalue weighted by Crippen LogP contribution is 2.31. The SMILES string of the molecule is C[C@@H](Cc1ccccc1F)N[C@@H]1CC(=O)N(C)[C@H]1c1ccnn1C. The second kappa shape index (κ2) is 6.73. The molecule has 1 saturated heterocycles. The summed E-state index contributed by atoms with van der Waals surface area (Å²) in [6.45, 7) is 2.02. The van der Waals surface area contributed by atoms with Crippen LogP contribution in [0.5, 0.6) is 0 Å². The number of likely N-dealkylation sites (N-methyl/N-ethyl adjacent to an activating group) is 1. The summed E-state index contributed by atoms with van der Waals surface area (Å²) in [4.78, 5) is 14.0. The van der Waals surface area contributed by atoms with Crippen molar-refractivity contribution >= 4 is 5.91 Å². The van der Waals surface area contributed by atoms with Gasteiger partial charge in [-0.2, -0.15) is 5.10 Å². The van der Waals surface area contributed by atoms with Gasteiger partial charge in [0.25, 0.3) is 0 Å². The number of halogens is 1. The average molecular weight is 330 g/mol. The molecular formula is C18H23FN4O. The van der Waals surface area contributed by atoms with Gasteiger partial charge in [0.15, 0.2) is 0 Å². The predicted octanol–water partition coefficient (Wildman–Crippen LogP) is 2.05. The maximum Gasteiger partial charge on any atom is 0.224 e. The molecule has 2 aromatic rings. The molecule has 6 heteroatoms. The lowest BCUT2D eigenvalue weighted by Gasteiger charge is -2.28. The zero-order chi connectivity index (χ0) is 17.3. The zero-order valence-corrected chi connectivity index (χ0v) is 14.2. The first-order chi connectivity index (χ1) is 11.5. The van der Waals surface area contributed by atoms with Crippen molar-refractivity contribution in [2.45, 2.75) is 37.9 Å². The third kappa shape index (κ3) is 3.19. The highest BCUT2D eigenvalue weighted by atomic mass is 19.1. The first-order valence-electron chi connectivity index (χ1n) is 8.20. The zero-order valence-electron chi connectivity index (χ0n) is 14.2. The first kappa shape index (κ1) is 16.6. The lowest BCUT2D eigenvalue weighted by atomic mass is 10.0. The first-order valence-corrected chi connectivity index (χ1v) is 8.20. The monoisotopic (exact) mass is 330 g/mol. The van der Waals surface area contributed by atoms with E-state index in [1.54, 1.807) is 27.9 Å². The van der Waals surface area contributed by atoms with Gasteiger partial charge in [-0.15, -0.1) is 0 Å². The number of carbonyl (C=O) groups excluding carboxylic acids is 1. The number of carbonyl (C=O) groups is 1. The Morgan fingerprint density at radius 3 is 2.75 bits per heavy atom. The number of benzene rings is 1. The Morgan fingerprint density at radius 1 is 1.33 bits per heavy atom. The van der Waals surface area contributed by atoms with Gasteiger partial charge in [0.05, 0.1) is 11.7 Å². The number of aryl methyl sites for hydroxylation is 1. The summed E-state index contributed by atoms with van der Waals surface area (Å²) in [5.41, 5.74) is 1.69. The van der Waals surface area contributed by atoms with Crippen LogP contribution >= 0.6 is 0 Å². The molecule has 1 aliphatic rings. The van der Waals surface area contributed by atoms with Crippen molar-refractivity contribution in [2.24, 2.45) is 7.05 Å². The third-order valence-corrected chi connectivity index (χ3v) is 4.73. The molecule has 1 aliphatic heterocycles. The number of nitrogens with one attached hydrogen (secondary N) is 1. The lowest BCUT2D eigenvalue weighted by Crippen LogP contribution is -2.41. The van der Waals surface area contributed by atoms with Crippen LogP contribution in [-0.2, 0) is 18.3 Å². The summed E-state index contributed by atoms with van der Waals surface area (Å²) >= 11 is 0. The lowest BCUT2D eigenvalue weighted by molar-refractivity contribution is -0.127. The summed E-state index contributed by atoms with van der Waals surface area (Å²) in [7, 11) is 3.70. The molecule has 5 nitrogen and oxygen atoms in total. The molecule has 0 aliphatic carbocycles. The number of rotatable bonds is 5. The Hall–Kier alpha value is -2.21. The molecule has 3 atom stereocenters. The molecule has 0 saturated carbocycles. The van der Waals surface area contributed by atoms with E-state index in [-0.39, 0.29) is 29.8 Å². The summed E-state index contributed by atoms with van der Waals surface area (Å²) in [5, 5.41) is 7.73. The number of likely N-dealkylation sites (tertiary alicyclic amines) is 1. The van der Waals surface area contributed by atoms with Crippen LogP contribution in [0, 0.1) is 5.82 Å². The van der Waals surface area contributed by atoms with Gasteiger partial charge in [0.1, 0.15) is 5.82 Å². The van der Waals surface area contributed by atoms with Crippen LogP contribution in [-0.4, -0.2) is 39.7 Å². The van der Waals surface area contributed by atoms with Crippen LogP contribution < -0.4 is 5.32 Å². The fourth-order valence-electron chi connectivity index (χ4n) is 3.52. The van der Waals surface area contributed by atoms with Gasteiger partial charge in [-0.25, -0.2) is 4.39 Å². The van der Waals surface area contributed by atoms with Gasteiger partial charge in [-0.05, 0) is 31.0 Å². The van der Waals surface area contributed by atoms with E-state index in [0.29, 0.717) is 18.4 Å². The molecule has 0 bridgehead atoms. The van der Waals surface area contributed by atoms with Crippen LogP contribution in [0.4, 0.5) is 4.39 Å². The van der Waals surface area contributed by atoms with E-state index >= 15 is 0 Å². The van der Waals surface area contributed by atoms with Gasteiger partial charge in [0.2, 0.25) is 5.91 Å². The van der Waals surface area contributed by atoms with Crippen molar-refractivity contribution in [1.29, 1.82) is 0 Å². The van der Waals surface area contributed by atoms with Crippen molar-refractivity contribution in [1.82, 2.24) is 20.0 Å². The Bertz CT molecular complexity index is 729. The van der Waals surface area contributed by atoms with Crippen LogP contribution in [0.1, 0.15) is 30.6 Å². The minimum absolute atomic E-state index is 0.0142. The Balaban J connectivity index is 1.74. The third-order valence-electron chi connectivity index (χ3n) is 4.73. The molecule has 0 unspecified atom stereocenters. The van der Waals surface area contributed by atoms with E-state index in [4.69, 9.17) is 0 Å². The molecule has 3 rings (SSSR count). The molecular weight excluding hydrogens is 307 g/mol. The summed E-state index contributed by atoms with van der Waals surface area (Å²) in [5.74, 6) is -0.0780. The molecule has 1 aromatic carbocycles. The van der Waals surface area contributed by atoms with E-state index in [2.05, 4.69) is 10.4 Å². The van der Waals surface area contributed by atoms with E-state index in [1.807, 2.05) is 33.2 Å². The minimum Gasteiger partial charge on any atom is -0.336 e. The fraction of sp³-hybridized carbons (Fsp3) is 0.444. The molecule has 1 aromatic heterocycles. The summed E-state index contributed by atoms with van der Waals surface area (Å²) in [6.07, 6.45) is 2.76. The van der Waals surface area contributed by atoms with Crippen LogP contribution in [0.3, 0.4) is 0 Å². The molecule has 2 heterocycles. The van der Waals surface area contributed by atoms with Gasteiger partial charge in [0, 0.05) is 38.8 Å². The van der Waals surface area contributed by atoms with Gasteiger partial charge in [-0.1, -0.05) is 18.2 Å². The Kier molecular flexibility index (Phi) is 4.66. The number of aromatic nitrogens is 2. The minimum atomic E-state index is -0.186. The number of hydrogen-bond donors (Lipinski definition) is 1. The van der Waals surface area contributed by atoms with Crippen molar-refractivity contribution in [2.75, 3.05) is 7.05 Å².